The largest absolute Gasteiger partial charge is 0.507 e. The van der Waals surface area contributed by atoms with E-state index in [-0.39, 0.29) is 11.8 Å². The molecule has 1 atom stereocenters. The Bertz CT molecular complexity index is 1280. The van der Waals surface area contributed by atoms with Crippen LogP contribution < -0.4 is 10.2 Å². The van der Waals surface area contributed by atoms with Crippen molar-refractivity contribution in [1.29, 1.82) is 0 Å². The molecule has 2 aromatic heterocycles. The van der Waals surface area contributed by atoms with Crippen molar-refractivity contribution < 1.29 is 5.11 Å². The number of aromatic amines is 1. The normalized spacial score (nSPS) is 14.4. The maximum Gasteiger partial charge on any atom is 0.182 e. The van der Waals surface area contributed by atoms with Gasteiger partial charge >= 0.3 is 0 Å². The Kier molecular flexibility index (Phi) is 4.21. The molecule has 7 nitrogen and oxygen atoms in total. The van der Waals surface area contributed by atoms with E-state index in [1.165, 1.54) is 6.33 Å². The molecule has 0 fully saturated rings. The minimum atomic E-state index is -0.126. The van der Waals surface area contributed by atoms with E-state index in [0.717, 1.165) is 33.7 Å². The van der Waals surface area contributed by atoms with Crippen LogP contribution in [0, 0.1) is 0 Å². The summed E-state index contributed by atoms with van der Waals surface area (Å²) in [6.45, 7) is 6.37. The first-order valence-electron chi connectivity index (χ1n) is 9.62. The molecule has 148 valence electrons. The lowest BCUT2D eigenvalue weighted by Crippen LogP contribution is -2.33. The number of fused-ring (bicyclic) bond motifs is 2. The average Bonchev–Trinajstić information content (AvgIpc) is 3.24. The maximum atomic E-state index is 10.5. The zero-order valence-corrected chi connectivity index (χ0v) is 16.4. The Hall–Kier alpha value is -4.13. The van der Waals surface area contributed by atoms with Crippen LogP contribution in [-0.2, 0) is 0 Å². The van der Waals surface area contributed by atoms with Gasteiger partial charge in [-0.15, -0.1) is 0 Å². The van der Waals surface area contributed by atoms with Crippen molar-refractivity contribution in [2.45, 2.75) is 13.0 Å². The monoisotopic (exact) mass is 396 g/mol. The van der Waals surface area contributed by atoms with Crippen LogP contribution in [-0.4, -0.2) is 31.1 Å². The van der Waals surface area contributed by atoms with Crippen molar-refractivity contribution in [1.82, 2.24) is 19.9 Å². The fourth-order valence-corrected chi connectivity index (χ4v) is 3.84. The van der Waals surface area contributed by atoms with Crippen LogP contribution >= 0.6 is 0 Å². The molecule has 0 saturated carbocycles. The van der Waals surface area contributed by atoms with E-state index in [9.17, 15) is 5.11 Å². The molecule has 0 amide bonds. The highest BCUT2D eigenvalue weighted by Gasteiger charge is 2.29. The lowest BCUT2D eigenvalue weighted by atomic mass is 9.94. The molecule has 2 aromatic carbocycles. The molecule has 0 unspecified atom stereocenters. The van der Waals surface area contributed by atoms with Gasteiger partial charge in [0.05, 0.1) is 18.1 Å². The maximum absolute atomic E-state index is 10.5. The Labute approximate surface area is 173 Å². The number of para-hydroxylation sites is 1. The number of rotatable bonds is 4. The number of hydrogen-bond acceptors (Lipinski definition) is 6. The standard InChI is InChI=1S/C23H20N6O/c1-14(28-23-21-22(25-12-24-21)26-13-27-23)18-11-16-7-6-10-19(30)20(16)15(2)29(18)17-8-4-3-5-9-17/h3-14,30H,2H2,1H3,(H2,24,25,26,27,28)/t14-/m0/s1. The van der Waals surface area contributed by atoms with E-state index in [4.69, 9.17) is 0 Å². The number of hydrogen-bond donors (Lipinski definition) is 3. The number of benzene rings is 2. The number of imidazole rings is 1. The van der Waals surface area contributed by atoms with Gasteiger partial charge in [0.2, 0.25) is 0 Å². The molecular weight excluding hydrogens is 376 g/mol. The predicted molar refractivity (Wildman–Crippen MR) is 119 cm³/mol. The van der Waals surface area contributed by atoms with E-state index in [1.807, 2.05) is 42.5 Å². The first-order chi connectivity index (χ1) is 14.6. The van der Waals surface area contributed by atoms with Crippen molar-refractivity contribution in [3.63, 3.8) is 0 Å². The average molecular weight is 396 g/mol. The van der Waals surface area contributed by atoms with Gasteiger partial charge < -0.3 is 20.3 Å². The van der Waals surface area contributed by atoms with Crippen LogP contribution in [0.3, 0.4) is 0 Å². The van der Waals surface area contributed by atoms with Gasteiger partial charge in [0.15, 0.2) is 11.5 Å². The van der Waals surface area contributed by atoms with Crippen LogP contribution in [0.15, 0.2) is 73.5 Å². The molecule has 3 heterocycles. The smallest absolute Gasteiger partial charge is 0.182 e. The van der Waals surface area contributed by atoms with E-state index in [2.05, 4.69) is 49.7 Å². The van der Waals surface area contributed by atoms with Crippen LogP contribution in [0.4, 0.5) is 11.5 Å². The second-order valence-electron chi connectivity index (χ2n) is 7.12. The minimum absolute atomic E-state index is 0.126. The van der Waals surface area contributed by atoms with Gasteiger partial charge in [0.25, 0.3) is 0 Å². The van der Waals surface area contributed by atoms with Crippen molar-refractivity contribution in [3.05, 3.63) is 84.6 Å². The summed E-state index contributed by atoms with van der Waals surface area (Å²) in [5, 5.41) is 14.0. The molecule has 3 N–H and O–H groups in total. The summed E-state index contributed by atoms with van der Waals surface area (Å²) in [6.07, 6.45) is 5.17. The van der Waals surface area contributed by atoms with Crippen molar-refractivity contribution in [2.24, 2.45) is 0 Å². The van der Waals surface area contributed by atoms with E-state index in [1.54, 1.807) is 12.4 Å². The molecule has 1 aliphatic rings. The first kappa shape index (κ1) is 17.9. The molecule has 5 rings (SSSR count). The van der Waals surface area contributed by atoms with Crippen LogP contribution in [0.1, 0.15) is 18.1 Å². The SMILES string of the molecule is C=C1c2c(O)cccc2C=C([C@H](C)Nc2ncnc3nc[nH]c23)N1c1ccccc1. The third-order valence-corrected chi connectivity index (χ3v) is 5.23. The highest BCUT2D eigenvalue weighted by Crippen LogP contribution is 2.41. The van der Waals surface area contributed by atoms with Crippen LogP contribution in [0.5, 0.6) is 5.75 Å². The van der Waals surface area contributed by atoms with Gasteiger partial charge in [-0.05, 0) is 36.8 Å². The summed E-state index contributed by atoms with van der Waals surface area (Å²) < 4.78 is 0. The predicted octanol–water partition coefficient (Wildman–Crippen LogP) is 4.39. The van der Waals surface area contributed by atoms with Crippen molar-refractivity contribution in [2.75, 3.05) is 10.2 Å². The van der Waals surface area contributed by atoms with Crippen LogP contribution in [0.2, 0.25) is 0 Å². The Balaban J connectivity index is 1.61. The lowest BCUT2D eigenvalue weighted by molar-refractivity contribution is 0.473. The highest BCUT2D eigenvalue weighted by molar-refractivity contribution is 5.94. The second-order valence-corrected chi connectivity index (χ2v) is 7.12. The molecular formula is C23H20N6O. The van der Waals surface area contributed by atoms with Gasteiger partial charge in [-0.3, -0.25) is 0 Å². The molecule has 0 saturated heterocycles. The summed E-state index contributed by atoms with van der Waals surface area (Å²) in [4.78, 5) is 17.9. The third-order valence-electron chi connectivity index (χ3n) is 5.23. The molecule has 1 aliphatic heterocycles. The molecule has 30 heavy (non-hydrogen) atoms. The molecule has 0 aliphatic carbocycles. The number of aromatic hydroxyl groups is 1. The summed E-state index contributed by atoms with van der Waals surface area (Å²) in [6, 6.07) is 15.4. The van der Waals surface area contributed by atoms with E-state index in [0.29, 0.717) is 11.5 Å². The zero-order chi connectivity index (χ0) is 20.7. The van der Waals surface area contributed by atoms with Gasteiger partial charge in [-0.25, -0.2) is 15.0 Å². The second kappa shape index (κ2) is 7.04. The number of nitrogens with zero attached hydrogens (tertiary/aromatic N) is 4. The highest BCUT2D eigenvalue weighted by atomic mass is 16.3. The molecule has 0 radical (unpaired) electrons. The fourth-order valence-electron chi connectivity index (χ4n) is 3.84. The summed E-state index contributed by atoms with van der Waals surface area (Å²) >= 11 is 0. The summed E-state index contributed by atoms with van der Waals surface area (Å²) in [5.41, 5.74) is 5.68. The Morgan fingerprint density at radius 3 is 2.73 bits per heavy atom. The zero-order valence-electron chi connectivity index (χ0n) is 16.4. The molecule has 7 heteroatoms. The van der Waals surface area contributed by atoms with Gasteiger partial charge in [0, 0.05) is 16.9 Å². The molecule has 4 aromatic rings. The number of anilines is 2. The number of phenols is 1. The van der Waals surface area contributed by atoms with Gasteiger partial charge in [-0.1, -0.05) is 36.9 Å². The Morgan fingerprint density at radius 1 is 1.07 bits per heavy atom. The Morgan fingerprint density at radius 2 is 1.90 bits per heavy atom. The number of nitrogens with one attached hydrogen (secondary N) is 2. The van der Waals surface area contributed by atoms with E-state index < -0.39 is 0 Å². The van der Waals surface area contributed by atoms with E-state index >= 15 is 0 Å². The number of phenolic OH excluding ortho intramolecular Hbond substituents is 1. The van der Waals surface area contributed by atoms with Crippen LogP contribution in [0.25, 0.3) is 22.9 Å². The molecule has 0 bridgehead atoms. The quantitative estimate of drug-likeness (QED) is 0.474. The molecule has 0 spiro atoms. The minimum Gasteiger partial charge on any atom is -0.507 e. The number of aromatic nitrogens is 4. The van der Waals surface area contributed by atoms with Crippen molar-refractivity contribution >= 4 is 34.4 Å². The topological polar surface area (TPSA) is 90.0 Å². The fraction of sp³-hybridized carbons (Fsp3) is 0.0870. The summed E-state index contributed by atoms with van der Waals surface area (Å²) in [7, 11) is 0. The lowest BCUT2D eigenvalue weighted by Gasteiger charge is -2.37. The van der Waals surface area contributed by atoms with Gasteiger partial charge in [0.1, 0.15) is 17.6 Å². The van der Waals surface area contributed by atoms with Gasteiger partial charge in [-0.2, -0.15) is 0 Å². The third kappa shape index (κ3) is 2.88. The first-order valence-corrected chi connectivity index (χ1v) is 9.62. The van der Waals surface area contributed by atoms with Crippen molar-refractivity contribution in [3.8, 4) is 5.75 Å². The number of H-pyrrole nitrogens is 1. The summed E-state index contributed by atoms with van der Waals surface area (Å²) in [5.74, 6) is 0.885.